The molecule has 2 aliphatic rings. The molecule has 2 atom stereocenters. The summed E-state index contributed by atoms with van der Waals surface area (Å²) < 4.78 is 7.57. The van der Waals surface area contributed by atoms with E-state index in [0.29, 0.717) is 15.8 Å². The van der Waals surface area contributed by atoms with Crippen LogP contribution >= 0.6 is 23.8 Å². The highest BCUT2D eigenvalue weighted by molar-refractivity contribution is 7.80. The molecule has 4 aromatic rings. The lowest BCUT2D eigenvalue weighted by atomic mass is 9.96. The van der Waals surface area contributed by atoms with Gasteiger partial charge in [-0.25, -0.2) is 0 Å². The highest BCUT2D eigenvalue weighted by Crippen LogP contribution is 2.44. The van der Waals surface area contributed by atoms with Gasteiger partial charge in [0.1, 0.15) is 5.75 Å². The van der Waals surface area contributed by atoms with Crippen LogP contribution in [0.25, 0.3) is 5.69 Å². The molecule has 6 rings (SSSR count). The van der Waals surface area contributed by atoms with E-state index in [1.54, 1.807) is 18.2 Å². The van der Waals surface area contributed by atoms with Crippen molar-refractivity contribution in [2.45, 2.75) is 25.9 Å². The lowest BCUT2D eigenvalue weighted by molar-refractivity contribution is 0.122. The first-order valence-electron chi connectivity index (χ1n) is 13.0. The molecule has 0 bridgehead atoms. The molecule has 2 N–H and O–H groups in total. The number of hydrogen-bond donors (Lipinski definition) is 2. The molecule has 2 aromatic heterocycles. The lowest BCUT2D eigenvalue weighted by Gasteiger charge is -2.31. The Balaban J connectivity index is 1.45. The Labute approximate surface area is 238 Å². The van der Waals surface area contributed by atoms with Crippen molar-refractivity contribution in [3.05, 3.63) is 101 Å². The fourth-order valence-corrected chi connectivity index (χ4v) is 6.24. The first-order valence-corrected chi connectivity index (χ1v) is 13.8. The predicted molar refractivity (Wildman–Crippen MR) is 159 cm³/mol. The molecule has 2 aromatic carbocycles. The normalized spacial score (nSPS) is 19.4. The molecular weight excluding hydrogens is 530 g/mol. The van der Waals surface area contributed by atoms with Crippen molar-refractivity contribution in [3.63, 3.8) is 0 Å². The molecule has 0 spiro atoms. The number of aromatic nitrogens is 2. The summed E-state index contributed by atoms with van der Waals surface area (Å²) in [6.07, 6.45) is 1.81. The van der Waals surface area contributed by atoms with Crippen molar-refractivity contribution < 1.29 is 9.84 Å². The maximum atomic E-state index is 10.7. The van der Waals surface area contributed by atoms with Crippen LogP contribution in [0.5, 0.6) is 5.75 Å². The van der Waals surface area contributed by atoms with Crippen LogP contribution in [0.2, 0.25) is 5.02 Å². The topological polar surface area (TPSA) is 65.8 Å². The van der Waals surface area contributed by atoms with Crippen molar-refractivity contribution in [2.75, 3.05) is 36.1 Å². The molecule has 0 saturated carbocycles. The third-order valence-corrected chi connectivity index (χ3v) is 8.12. The van der Waals surface area contributed by atoms with Gasteiger partial charge < -0.3 is 29.5 Å². The zero-order valence-corrected chi connectivity index (χ0v) is 23.4. The average molecular weight is 560 g/mol. The minimum Gasteiger partial charge on any atom is -0.506 e. The minimum absolute atomic E-state index is 0.164. The highest BCUT2D eigenvalue weighted by Gasteiger charge is 2.42. The minimum atomic E-state index is -0.167. The van der Waals surface area contributed by atoms with Gasteiger partial charge in [-0.05, 0) is 92.3 Å². The van der Waals surface area contributed by atoms with Crippen LogP contribution < -0.4 is 15.1 Å². The van der Waals surface area contributed by atoms with Crippen LogP contribution in [-0.2, 0) is 4.74 Å². The zero-order valence-electron chi connectivity index (χ0n) is 21.8. The Bertz CT molecular complexity index is 1500. The SMILES string of the molecule is Cc1cc([C@H]2[C@H](c3ccccn3)NC(=S)N2c2ccc(N3CCOCC3)cc2)c(C)n1-c1cc(Cl)ccc1O. The number of halogens is 1. The second-order valence-electron chi connectivity index (χ2n) is 9.91. The summed E-state index contributed by atoms with van der Waals surface area (Å²) in [4.78, 5) is 9.21. The van der Waals surface area contributed by atoms with Gasteiger partial charge in [-0.2, -0.15) is 0 Å². The van der Waals surface area contributed by atoms with E-state index in [-0.39, 0.29) is 17.8 Å². The summed E-state index contributed by atoms with van der Waals surface area (Å²) in [6.45, 7) is 7.36. The molecule has 7 nitrogen and oxygen atoms in total. The van der Waals surface area contributed by atoms with E-state index in [4.69, 9.17) is 28.6 Å². The van der Waals surface area contributed by atoms with Crippen molar-refractivity contribution in [1.82, 2.24) is 14.9 Å². The van der Waals surface area contributed by atoms with Crippen LogP contribution in [0.15, 0.2) is 72.9 Å². The van der Waals surface area contributed by atoms with Crippen LogP contribution in [0.1, 0.15) is 34.7 Å². The smallest absolute Gasteiger partial charge is 0.174 e. The zero-order chi connectivity index (χ0) is 27.1. The third kappa shape index (κ3) is 4.73. The van der Waals surface area contributed by atoms with Gasteiger partial charge in [0.15, 0.2) is 5.11 Å². The van der Waals surface area contributed by atoms with E-state index < -0.39 is 0 Å². The highest BCUT2D eigenvalue weighted by atomic mass is 35.5. The number of rotatable bonds is 5. The molecule has 4 heterocycles. The molecule has 2 aliphatic heterocycles. The maximum absolute atomic E-state index is 10.7. The molecule has 2 fully saturated rings. The predicted octanol–water partition coefficient (Wildman–Crippen LogP) is 5.86. The number of aryl methyl sites for hydroxylation is 1. The number of pyridine rings is 1. The Morgan fingerprint density at radius 2 is 1.74 bits per heavy atom. The Morgan fingerprint density at radius 1 is 1.00 bits per heavy atom. The largest absolute Gasteiger partial charge is 0.506 e. The monoisotopic (exact) mass is 559 g/mol. The van der Waals surface area contributed by atoms with Crippen molar-refractivity contribution in [3.8, 4) is 11.4 Å². The number of phenolic OH excluding ortho intramolecular Hbond substituents is 1. The number of benzene rings is 2. The number of hydrogen-bond acceptors (Lipinski definition) is 5. The summed E-state index contributed by atoms with van der Waals surface area (Å²) in [6, 6.07) is 21.5. The molecule has 0 amide bonds. The Kier molecular flexibility index (Phi) is 6.93. The second kappa shape index (κ2) is 10.5. The van der Waals surface area contributed by atoms with Crippen molar-refractivity contribution >= 4 is 40.3 Å². The number of nitrogens with zero attached hydrogens (tertiary/aromatic N) is 4. The van der Waals surface area contributed by atoms with Crippen LogP contribution in [0.4, 0.5) is 11.4 Å². The van der Waals surface area contributed by atoms with Gasteiger partial charge in [0.2, 0.25) is 0 Å². The summed E-state index contributed by atoms with van der Waals surface area (Å²) in [5, 5.41) is 15.5. The molecule has 0 aliphatic carbocycles. The van der Waals surface area contributed by atoms with Gasteiger partial charge in [0.25, 0.3) is 0 Å². The number of morpholine rings is 1. The Morgan fingerprint density at radius 3 is 2.46 bits per heavy atom. The van der Waals surface area contributed by atoms with Crippen LogP contribution in [-0.4, -0.2) is 46.1 Å². The number of aromatic hydroxyl groups is 1. The van der Waals surface area contributed by atoms with Crippen LogP contribution in [0.3, 0.4) is 0 Å². The molecule has 39 heavy (non-hydrogen) atoms. The van der Waals surface area contributed by atoms with E-state index in [1.807, 2.05) is 35.9 Å². The van der Waals surface area contributed by atoms with Crippen molar-refractivity contribution in [2.24, 2.45) is 0 Å². The first kappa shape index (κ1) is 25.7. The number of phenols is 1. The summed E-state index contributed by atoms with van der Waals surface area (Å²) in [5.41, 5.74) is 6.81. The van der Waals surface area contributed by atoms with Crippen molar-refractivity contribution in [1.29, 1.82) is 0 Å². The van der Waals surface area contributed by atoms with E-state index in [1.165, 1.54) is 5.69 Å². The van der Waals surface area contributed by atoms with E-state index >= 15 is 0 Å². The lowest BCUT2D eigenvalue weighted by Crippen LogP contribution is -2.36. The summed E-state index contributed by atoms with van der Waals surface area (Å²) in [5.74, 6) is 0.171. The first-order chi connectivity index (χ1) is 18.9. The molecule has 9 heteroatoms. The van der Waals surface area contributed by atoms with Gasteiger partial charge >= 0.3 is 0 Å². The fourth-order valence-electron chi connectivity index (χ4n) is 5.73. The molecule has 0 unspecified atom stereocenters. The second-order valence-corrected chi connectivity index (χ2v) is 10.7. The molecule has 200 valence electrons. The third-order valence-electron chi connectivity index (χ3n) is 7.57. The standard InChI is InChI=1S/C30H30ClN5O2S/c1-19-17-24(20(2)35(19)26-18-21(31)6-11-27(26)37)29-28(25-5-3-4-12-32-25)33-30(39)36(29)23-9-7-22(8-10-23)34-13-15-38-16-14-34/h3-12,17-18,28-29,37H,13-16H2,1-2H3,(H,33,39)/t28-,29-/m0/s1. The van der Waals surface area contributed by atoms with E-state index in [2.05, 4.69) is 57.4 Å². The molecular formula is C30H30ClN5O2S. The van der Waals surface area contributed by atoms with E-state index in [0.717, 1.165) is 54.6 Å². The van der Waals surface area contributed by atoms with Gasteiger partial charge in [-0.15, -0.1) is 0 Å². The quantitative estimate of drug-likeness (QED) is 0.297. The number of ether oxygens (including phenoxy) is 1. The summed E-state index contributed by atoms with van der Waals surface area (Å²) in [7, 11) is 0. The van der Waals surface area contributed by atoms with E-state index in [9.17, 15) is 5.11 Å². The number of nitrogens with one attached hydrogen (secondary N) is 1. The van der Waals surface area contributed by atoms with Gasteiger partial charge in [0.05, 0.1) is 36.7 Å². The summed E-state index contributed by atoms with van der Waals surface area (Å²) >= 11 is 12.3. The maximum Gasteiger partial charge on any atom is 0.174 e. The van der Waals surface area contributed by atoms with Crippen LogP contribution in [0, 0.1) is 13.8 Å². The molecule has 2 saturated heterocycles. The van der Waals surface area contributed by atoms with Gasteiger partial charge in [0, 0.05) is 47.1 Å². The van der Waals surface area contributed by atoms with Gasteiger partial charge in [-0.3, -0.25) is 4.98 Å². The fraction of sp³-hybridized carbons (Fsp3) is 0.267. The number of thiocarbonyl (C=S) groups is 1. The molecule has 0 radical (unpaired) electrons. The number of anilines is 2. The average Bonchev–Trinajstić information content (AvgIpc) is 3.45. The Hall–Kier alpha value is -3.59. The van der Waals surface area contributed by atoms with Gasteiger partial charge in [-0.1, -0.05) is 17.7 Å².